The van der Waals surface area contributed by atoms with Crippen LogP contribution in [0.4, 0.5) is 0 Å². The van der Waals surface area contributed by atoms with Gasteiger partial charge in [0.25, 0.3) is 5.91 Å². The molecular weight excluding hydrogens is 318 g/mol. The fraction of sp³-hybridized carbons (Fsp3) is 0.263. The molecule has 0 radical (unpaired) electrons. The molecule has 24 heavy (non-hydrogen) atoms. The number of rotatable bonds is 4. The Balaban J connectivity index is 2.02. The van der Waals surface area contributed by atoms with E-state index in [9.17, 15) is 4.79 Å². The molecule has 2 aromatic rings. The highest BCUT2D eigenvalue weighted by Gasteiger charge is 2.44. The molecule has 0 spiro atoms. The number of pyridine rings is 1. The van der Waals surface area contributed by atoms with Gasteiger partial charge < -0.3 is 10.6 Å². The molecule has 1 atom stereocenters. The molecule has 4 nitrogen and oxygen atoms in total. The molecule has 2 N–H and O–H groups in total. The maximum atomic E-state index is 13.1. The molecule has 0 bridgehead atoms. The van der Waals surface area contributed by atoms with Crippen molar-refractivity contribution >= 4 is 23.7 Å². The molecule has 1 aliphatic rings. The Morgan fingerprint density at radius 1 is 1.25 bits per heavy atom. The third kappa shape index (κ3) is 3.23. The Kier molecular flexibility index (Phi) is 4.73. The first-order valence-electron chi connectivity index (χ1n) is 7.90. The second-order valence-corrected chi connectivity index (χ2v) is 7.49. The lowest BCUT2D eigenvalue weighted by Gasteiger charge is -2.38. The predicted molar refractivity (Wildman–Crippen MR) is 99.0 cm³/mol. The Morgan fingerprint density at radius 3 is 2.62 bits per heavy atom. The fourth-order valence-electron chi connectivity index (χ4n) is 2.67. The molecule has 124 valence electrons. The van der Waals surface area contributed by atoms with Gasteiger partial charge in [-0.15, -0.1) is 0 Å². The summed E-state index contributed by atoms with van der Waals surface area (Å²) in [6.45, 7) is 4.40. The van der Waals surface area contributed by atoms with Gasteiger partial charge >= 0.3 is 0 Å². The molecule has 1 aromatic carbocycles. The number of thioether (sulfide) groups is 1. The van der Waals surface area contributed by atoms with Gasteiger partial charge in [0.2, 0.25) is 0 Å². The Labute approximate surface area is 146 Å². The van der Waals surface area contributed by atoms with E-state index in [4.69, 9.17) is 5.73 Å². The van der Waals surface area contributed by atoms with E-state index in [1.807, 2.05) is 73.5 Å². The van der Waals surface area contributed by atoms with Crippen LogP contribution in [-0.4, -0.2) is 27.9 Å². The van der Waals surface area contributed by atoms with E-state index in [1.165, 1.54) is 0 Å². The summed E-state index contributed by atoms with van der Waals surface area (Å²) in [4.78, 5) is 19.9. The summed E-state index contributed by atoms with van der Waals surface area (Å²) in [5.74, 6) is 0.0214. The molecule has 1 aliphatic heterocycles. The average Bonchev–Trinajstić information content (AvgIpc) is 2.94. The summed E-state index contributed by atoms with van der Waals surface area (Å²) >= 11 is 1.56. The van der Waals surface area contributed by atoms with Gasteiger partial charge in [-0.25, -0.2) is 0 Å². The second-order valence-electron chi connectivity index (χ2n) is 6.37. The lowest BCUT2D eigenvalue weighted by Crippen LogP contribution is -2.50. The molecule has 0 saturated carbocycles. The Hall–Kier alpha value is -2.11. The number of amides is 1. The van der Waals surface area contributed by atoms with E-state index in [1.54, 1.807) is 18.0 Å². The highest BCUT2D eigenvalue weighted by Crippen LogP contribution is 2.48. The van der Waals surface area contributed by atoms with Crippen LogP contribution < -0.4 is 5.73 Å². The molecule has 2 heterocycles. The average molecular weight is 339 g/mol. The summed E-state index contributed by atoms with van der Waals surface area (Å²) in [6, 6.07) is 13.8. The van der Waals surface area contributed by atoms with Crippen molar-refractivity contribution in [1.29, 1.82) is 0 Å². The molecule has 1 unspecified atom stereocenters. The first-order valence-corrected chi connectivity index (χ1v) is 8.78. The molecule has 3 rings (SSSR count). The number of carbonyl (C=O) groups is 1. The highest BCUT2D eigenvalue weighted by atomic mass is 32.2. The molecule has 1 fully saturated rings. The van der Waals surface area contributed by atoms with E-state index in [-0.39, 0.29) is 11.3 Å². The van der Waals surface area contributed by atoms with Crippen molar-refractivity contribution in [2.24, 2.45) is 5.73 Å². The van der Waals surface area contributed by atoms with Gasteiger partial charge in [0.05, 0.1) is 10.4 Å². The van der Waals surface area contributed by atoms with Crippen LogP contribution in [0.3, 0.4) is 0 Å². The Bertz CT molecular complexity index is 744. The monoisotopic (exact) mass is 339 g/mol. The van der Waals surface area contributed by atoms with Gasteiger partial charge in [-0.3, -0.25) is 9.78 Å². The molecule has 1 aromatic heterocycles. The third-order valence-electron chi connectivity index (χ3n) is 4.12. The van der Waals surface area contributed by atoms with Gasteiger partial charge in [-0.1, -0.05) is 48.2 Å². The minimum Gasteiger partial charge on any atom is -0.328 e. The van der Waals surface area contributed by atoms with E-state index in [0.717, 1.165) is 16.0 Å². The molecule has 0 aliphatic carbocycles. The quantitative estimate of drug-likeness (QED) is 0.867. The van der Waals surface area contributed by atoms with Crippen LogP contribution in [-0.2, 0) is 4.79 Å². The minimum atomic E-state index is -0.434. The van der Waals surface area contributed by atoms with E-state index in [0.29, 0.717) is 6.54 Å². The molecular formula is C19H21N3OS. The fourth-order valence-corrected chi connectivity index (χ4v) is 4.08. The van der Waals surface area contributed by atoms with Crippen LogP contribution in [0.5, 0.6) is 0 Å². The predicted octanol–water partition coefficient (Wildman–Crippen LogP) is 3.43. The zero-order valence-corrected chi connectivity index (χ0v) is 14.7. The number of nitrogens with two attached hydrogens (primary N) is 1. The number of hydrogen-bond acceptors (Lipinski definition) is 4. The smallest absolute Gasteiger partial charge is 0.262 e. The molecule has 1 amide bonds. The van der Waals surface area contributed by atoms with Crippen LogP contribution in [0.2, 0.25) is 0 Å². The van der Waals surface area contributed by atoms with Crippen molar-refractivity contribution in [3.63, 3.8) is 0 Å². The first-order chi connectivity index (χ1) is 11.5. The zero-order chi connectivity index (χ0) is 17.2. The van der Waals surface area contributed by atoms with Crippen molar-refractivity contribution in [2.45, 2.75) is 24.8 Å². The van der Waals surface area contributed by atoms with Gasteiger partial charge in [0.15, 0.2) is 0 Å². The van der Waals surface area contributed by atoms with Crippen LogP contribution >= 0.6 is 11.8 Å². The van der Waals surface area contributed by atoms with Crippen LogP contribution in [0.1, 0.15) is 30.3 Å². The number of hydrogen-bond donors (Lipinski definition) is 1. The standard InChI is InChI=1S/C19H21N3OS/c1-19(2,13-20)22-17(23)16(11-14-7-4-3-5-8-14)24-18(22)15-9-6-10-21-12-15/h3-12,18H,13,20H2,1-2H3. The maximum Gasteiger partial charge on any atom is 0.262 e. The van der Waals surface area contributed by atoms with E-state index >= 15 is 0 Å². The van der Waals surface area contributed by atoms with Crippen LogP contribution in [0.25, 0.3) is 6.08 Å². The summed E-state index contributed by atoms with van der Waals surface area (Å²) in [5, 5.41) is -0.111. The van der Waals surface area contributed by atoms with Crippen molar-refractivity contribution in [3.8, 4) is 0 Å². The van der Waals surface area contributed by atoms with E-state index < -0.39 is 5.54 Å². The lowest BCUT2D eigenvalue weighted by molar-refractivity contribution is -0.131. The van der Waals surface area contributed by atoms with Crippen molar-refractivity contribution in [2.75, 3.05) is 6.54 Å². The number of benzene rings is 1. The zero-order valence-electron chi connectivity index (χ0n) is 13.8. The van der Waals surface area contributed by atoms with Gasteiger partial charge in [0.1, 0.15) is 5.37 Å². The van der Waals surface area contributed by atoms with Crippen molar-refractivity contribution in [1.82, 2.24) is 9.88 Å². The van der Waals surface area contributed by atoms with Gasteiger partial charge in [0, 0.05) is 24.5 Å². The number of carbonyl (C=O) groups excluding carboxylic acids is 1. The lowest BCUT2D eigenvalue weighted by atomic mass is 10.0. The van der Waals surface area contributed by atoms with E-state index in [2.05, 4.69) is 4.98 Å². The first kappa shape index (κ1) is 16.7. The minimum absolute atomic E-state index is 0.0214. The largest absolute Gasteiger partial charge is 0.328 e. The van der Waals surface area contributed by atoms with Crippen LogP contribution in [0.15, 0.2) is 59.8 Å². The number of nitrogens with zero attached hydrogens (tertiary/aromatic N) is 2. The number of aromatic nitrogens is 1. The topological polar surface area (TPSA) is 59.2 Å². The highest BCUT2D eigenvalue weighted by molar-refractivity contribution is 8.04. The van der Waals surface area contributed by atoms with Crippen molar-refractivity contribution in [3.05, 3.63) is 70.9 Å². The van der Waals surface area contributed by atoms with Crippen LogP contribution in [0, 0.1) is 0 Å². The summed E-state index contributed by atoms with van der Waals surface area (Å²) < 4.78 is 0. The molecule has 5 heteroatoms. The second kappa shape index (κ2) is 6.79. The summed E-state index contributed by atoms with van der Waals surface area (Å²) in [7, 11) is 0. The summed E-state index contributed by atoms with van der Waals surface area (Å²) in [5.41, 5.74) is 7.54. The Morgan fingerprint density at radius 2 is 2.00 bits per heavy atom. The molecule has 1 saturated heterocycles. The SMILES string of the molecule is CC(C)(CN)N1C(=O)C(=Cc2ccccc2)SC1c1cccnc1. The summed E-state index contributed by atoms with van der Waals surface area (Å²) in [6.07, 6.45) is 5.50. The van der Waals surface area contributed by atoms with Gasteiger partial charge in [-0.05, 0) is 31.6 Å². The van der Waals surface area contributed by atoms with Crippen molar-refractivity contribution < 1.29 is 4.79 Å². The van der Waals surface area contributed by atoms with Gasteiger partial charge in [-0.2, -0.15) is 0 Å². The third-order valence-corrected chi connectivity index (χ3v) is 5.37. The maximum absolute atomic E-state index is 13.1. The normalized spacial score (nSPS) is 20.0.